The second-order valence-corrected chi connectivity index (χ2v) is 11.5. The number of piperazine rings is 1. The Morgan fingerprint density at radius 1 is 0.905 bits per heavy atom. The molecule has 42 heavy (non-hydrogen) atoms. The molecule has 4 rings (SSSR count). The van der Waals surface area contributed by atoms with Gasteiger partial charge in [0, 0.05) is 61.5 Å². The number of anilines is 1. The predicted octanol–water partition coefficient (Wildman–Crippen LogP) is 5.09. The summed E-state index contributed by atoms with van der Waals surface area (Å²) in [6.07, 6.45) is 1.12. The average Bonchev–Trinajstić information content (AvgIpc) is 2.96. The number of nitrogens with one attached hydrogen (secondary N) is 3. The van der Waals surface area contributed by atoms with Crippen molar-refractivity contribution in [3.8, 4) is 0 Å². The molecule has 1 aliphatic rings. The SMILES string of the molecule is Cc1ccc(CC(NC(=O)NC(C)C)C(=O)N2CCN(c3ccccc3CCNCc3ccccc3F)CC2)c(Cl)c1. The van der Waals surface area contributed by atoms with Crippen LogP contribution in [0.15, 0.2) is 66.7 Å². The number of carbonyl (C=O) groups excluding carboxylic acids is 2. The van der Waals surface area contributed by atoms with Crippen LogP contribution in [0.5, 0.6) is 0 Å². The maximum atomic E-state index is 13.9. The standard InChI is InChI=1S/C33H41ClFN5O2/c1-23(2)37-33(42)38-30(21-26-13-12-24(3)20-28(26)34)32(41)40-18-16-39(17-19-40)31-11-7-5-8-25(31)14-15-36-22-27-9-4-6-10-29(27)35/h4-13,20,23,30,36H,14-19,21-22H2,1-3H3,(H2,37,38,42). The maximum absolute atomic E-state index is 13.9. The van der Waals surface area contributed by atoms with Crippen molar-refractivity contribution >= 4 is 29.2 Å². The van der Waals surface area contributed by atoms with Crippen LogP contribution in [0.1, 0.15) is 36.1 Å². The van der Waals surface area contributed by atoms with Gasteiger partial charge in [-0.15, -0.1) is 0 Å². The van der Waals surface area contributed by atoms with Crippen molar-refractivity contribution in [1.82, 2.24) is 20.9 Å². The molecular weight excluding hydrogens is 553 g/mol. The number of hydrogen-bond acceptors (Lipinski definition) is 4. The minimum Gasteiger partial charge on any atom is -0.368 e. The molecule has 1 atom stereocenters. The lowest BCUT2D eigenvalue weighted by Gasteiger charge is -2.38. The number of para-hydroxylation sites is 1. The first-order valence-electron chi connectivity index (χ1n) is 14.6. The van der Waals surface area contributed by atoms with Crippen LogP contribution >= 0.6 is 11.6 Å². The molecule has 1 aliphatic heterocycles. The molecule has 0 spiro atoms. The molecule has 3 aromatic rings. The van der Waals surface area contributed by atoms with Gasteiger partial charge in [-0.05, 0) is 68.6 Å². The van der Waals surface area contributed by atoms with E-state index in [9.17, 15) is 14.0 Å². The predicted molar refractivity (Wildman–Crippen MR) is 168 cm³/mol. The summed E-state index contributed by atoms with van der Waals surface area (Å²) in [5, 5.41) is 9.65. The molecule has 0 saturated carbocycles. The van der Waals surface area contributed by atoms with Crippen molar-refractivity contribution in [2.75, 3.05) is 37.6 Å². The maximum Gasteiger partial charge on any atom is 0.315 e. The van der Waals surface area contributed by atoms with Crippen molar-refractivity contribution in [2.45, 2.75) is 52.2 Å². The summed E-state index contributed by atoms with van der Waals surface area (Å²) in [5.74, 6) is -0.311. The first-order chi connectivity index (χ1) is 20.2. The van der Waals surface area contributed by atoms with E-state index in [0.29, 0.717) is 49.7 Å². The summed E-state index contributed by atoms with van der Waals surface area (Å²) in [7, 11) is 0. The number of halogens is 2. The van der Waals surface area contributed by atoms with Crippen LogP contribution in [-0.4, -0.2) is 61.6 Å². The summed E-state index contributed by atoms with van der Waals surface area (Å²) in [5.41, 5.74) is 4.87. The molecule has 7 nitrogen and oxygen atoms in total. The second kappa shape index (κ2) is 15.0. The van der Waals surface area contributed by atoms with Gasteiger partial charge in [-0.2, -0.15) is 0 Å². The van der Waals surface area contributed by atoms with Crippen LogP contribution in [0.2, 0.25) is 5.02 Å². The molecular formula is C33H41ClFN5O2. The molecule has 3 amide bonds. The quantitative estimate of drug-likeness (QED) is 0.271. The average molecular weight is 594 g/mol. The first kappa shape index (κ1) is 31.3. The molecule has 1 unspecified atom stereocenters. The zero-order valence-electron chi connectivity index (χ0n) is 24.6. The van der Waals surface area contributed by atoms with Crippen LogP contribution in [0.25, 0.3) is 0 Å². The number of amides is 3. The number of rotatable bonds is 11. The highest BCUT2D eigenvalue weighted by atomic mass is 35.5. The van der Waals surface area contributed by atoms with Gasteiger partial charge < -0.3 is 25.8 Å². The lowest BCUT2D eigenvalue weighted by Crippen LogP contribution is -2.57. The van der Waals surface area contributed by atoms with Gasteiger partial charge in [0.1, 0.15) is 11.9 Å². The van der Waals surface area contributed by atoms with E-state index in [1.807, 2.05) is 62.1 Å². The Morgan fingerprint density at radius 2 is 1.60 bits per heavy atom. The molecule has 0 bridgehead atoms. The molecule has 9 heteroatoms. The number of benzene rings is 3. The summed E-state index contributed by atoms with van der Waals surface area (Å²) in [6, 6.07) is 19.7. The number of nitrogens with zero attached hydrogens (tertiary/aromatic N) is 2. The van der Waals surface area contributed by atoms with Crippen molar-refractivity contribution in [3.05, 3.63) is 99.8 Å². The topological polar surface area (TPSA) is 76.7 Å². The Balaban J connectivity index is 1.37. The Morgan fingerprint density at radius 3 is 2.29 bits per heavy atom. The lowest BCUT2D eigenvalue weighted by molar-refractivity contribution is -0.133. The Kier molecular flexibility index (Phi) is 11.2. The fourth-order valence-corrected chi connectivity index (χ4v) is 5.52. The molecule has 1 saturated heterocycles. The minimum atomic E-state index is -0.733. The highest BCUT2D eigenvalue weighted by Crippen LogP contribution is 2.24. The van der Waals surface area contributed by atoms with E-state index in [1.54, 1.807) is 12.1 Å². The molecule has 0 aliphatic carbocycles. The van der Waals surface area contributed by atoms with Gasteiger partial charge in [-0.1, -0.05) is 60.1 Å². The largest absolute Gasteiger partial charge is 0.368 e. The molecule has 3 aromatic carbocycles. The molecule has 3 N–H and O–H groups in total. The molecule has 224 valence electrons. The van der Waals surface area contributed by atoms with Gasteiger partial charge in [0.25, 0.3) is 0 Å². The van der Waals surface area contributed by atoms with Crippen LogP contribution in [0.3, 0.4) is 0 Å². The van der Waals surface area contributed by atoms with Crippen LogP contribution in [0.4, 0.5) is 14.9 Å². The molecule has 1 fully saturated rings. The summed E-state index contributed by atoms with van der Waals surface area (Å²) in [6.45, 7) is 9.38. The van der Waals surface area contributed by atoms with Crippen LogP contribution in [-0.2, 0) is 24.2 Å². The molecule has 1 heterocycles. The number of aryl methyl sites for hydroxylation is 1. The third kappa shape index (κ3) is 8.69. The van der Waals surface area contributed by atoms with Crippen molar-refractivity contribution in [2.24, 2.45) is 0 Å². The highest BCUT2D eigenvalue weighted by Gasteiger charge is 2.30. The summed E-state index contributed by atoms with van der Waals surface area (Å²) in [4.78, 5) is 30.5. The van der Waals surface area contributed by atoms with E-state index in [0.717, 1.165) is 29.8 Å². The minimum absolute atomic E-state index is 0.0537. The van der Waals surface area contributed by atoms with Crippen LogP contribution in [0, 0.1) is 12.7 Å². The summed E-state index contributed by atoms with van der Waals surface area (Å²) < 4.78 is 13.9. The summed E-state index contributed by atoms with van der Waals surface area (Å²) >= 11 is 6.49. The second-order valence-electron chi connectivity index (χ2n) is 11.1. The monoisotopic (exact) mass is 593 g/mol. The third-order valence-corrected chi connectivity index (χ3v) is 7.78. The zero-order valence-corrected chi connectivity index (χ0v) is 25.4. The lowest BCUT2D eigenvalue weighted by atomic mass is 10.0. The van der Waals surface area contributed by atoms with Gasteiger partial charge in [0.2, 0.25) is 5.91 Å². The van der Waals surface area contributed by atoms with E-state index < -0.39 is 6.04 Å². The van der Waals surface area contributed by atoms with Gasteiger partial charge in [0.15, 0.2) is 0 Å². The van der Waals surface area contributed by atoms with Gasteiger partial charge in [0.05, 0.1) is 0 Å². The van der Waals surface area contributed by atoms with Crippen molar-refractivity contribution < 1.29 is 14.0 Å². The Bertz CT molecular complexity index is 1360. The normalized spacial score (nSPS) is 14.1. The van der Waals surface area contributed by atoms with E-state index in [1.165, 1.54) is 11.6 Å². The van der Waals surface area contributed by atoms with E-state index in [4.69, 9.17) is 11.6 Å². The van der Waals surface area contributed by atoms with Gasteiger partial charge in [-0.25, -0.2) is 9.18 Å². The van der Waals surface area contributed by atoms with Crippen LogP contribution < -0.4 is 20.9 Å². The zero-order chi connectivity index (χ0) is 30.1. The first-order valence-corrected chi connectivity index (χ1v) is 15.0. The Hall–Kier alpha value is -3.62. The third-order valence-electron chi connectivity index (χ3n) is 7.42. The molecule has 0 radical (unpaired) electrons. The van der Waals surface area contributed by atoms with Gasteiger partial charge >= 0.3 is 6.03 Å². The number of urea groups is 1. The fourth-order valence-electron chi connectivity index (χ4n) is 5.21. The van der Waals surface area contributed by atoms with Crippen molar-refractivity contribution in [1.29, 1.82) is 0 Å². The van der Waals surface area contributed by atoms with E-state index in [-0.39, 0.29) is 23.8 Å². The highest BCUT2D eigenvalue weighted by molar-refractivity contribution is 6.31. The Labute approximate surface area is 253 Å². The smallest absolute Gasteiger partial charge is 0.315 e. The molecule has 0 aromatic heterocycles. The number of carbonyl (C=O) groups is 2. The number of hydrogen-bond donors (Lipinski definition) is 3. The fraction of sp³-hybridized carbons (Fsp3) is 0.394. The van der Waals surface area contributed by atoms with Gasteiger partial charge in [-0.3, -0.25) is 4.79 Å². The van der Waals surface area contributed by atoms with Crippen molar-refractivity contribution in [3.63, 3.8) is 0 Å². The van der Waals surface area contributed by atoms with E-state index >= 15 is 0 Å². The van der Waals surface area contributed by atoms with E-state index in [2.05, 4.69) is 33.0 Å².